The molecule has 4 nitrogen and oxygen atoms in total. The van der Waals surface area contributed by atoms with Crippen molar-refractivity contribution < 1.29 is 14.3 Å². The first-order valence-corrected chi connectivity index (χ1v) is 6.86. The number of fused-ring (bicyclic) bond motifs is 1. The molecule has 2 aromatic rings. The van der Waals surface area contributed by atoms with Gasteiger partial charge in [0.15, 0.2) is 0 Å². The van der Waals surface area contributed by atoms with E-state index in [1.54, 1.807) is 13.8 Å². The molecule has 0 fully saturated rings. The number of hydrogen-bond acceptors (Lipinski definition) is 3. The van der Waals surface area contributed by atoms with Crippen LogP contribution >= 0.6 is 0 Å². The molecule has 4 heteroatoms. The van der Waals surface area contributed by atoms with E-state index in [0.717, 1.165) is 16.7 Å². The van der Waals surface area contributed by atoms with Gasteiger partial charge in [0.25, 0.3) is 0 Å². The molecule has 0 aliphatic heterocycles. The number of furan rings is 1. The molecule has 1 aromatic heterocycles. The highest BCUT2D eigenvalue weighted by atomic mass is 16.4. The van der Waals surface area contributed by atoms with Gasteiger partial charge in [-0.25, -0.2) is 0 Å². The van der Waals surface area contributed by atoms with Crippen LogP contribution in [-0.4, -0.2) is 28.1 Å². The molecule has 1 heterocycles. The van der Waals surface area contributed by atoms with Crippen molar-refractivity contribution in [3.8, 4) is 0 Å². The highest BCUT2D eigenvalue weighted by molar-refractivity contribution is 5.79. The molecular weight excluding hydrogens is 254 g/mol. The Morgan fingerprint density at radius 2 is 2.05 bits per heavy atom. The second-order valence-corrected chi connectivity index (χ2v) is 5.51. The van der Waals surface area contributed by atoms with E-state index in [1.165, 1.54) is 0 Å². The molecule has 0 aliphatic rings. The van der Waals surface area contributed by atoms with Gasteiger partial charge >= 0.3 is 5.97 Å². The van der Waals surface area contributed by atoms with E-state index in [-0.39, 0.29) is 6.04 Å². The number of carboxylic acid groups (broad SMARTS) is 1. The summed E-state index contributed by atoms with van der Waals surface area (Å²) in [5, 5.41) is 10.4. The molecule has 1 N–H and O–H groups in total. The summed E-state index contributed by atoms with van der Waals surface area (Å²) in [6.45, 7) is 8.02. The maximum absolute atomic E-state index is 11.5. The third-order valence-corrected chi connectivity index (χ3v) is 3.91. The van der Waals surface area contributed by atoms with Crippen molar-refractivity contribution in [3.63, 3.8) is 0 Å². The van der Waals surface area contributed by atoms with Crippen molar-refractivity contribution in [1.29, 1.82) is 0 Å². The molecule has 0 amide bonds. The summed E-state index contributed by atoms with van der Waals surface area (Å²) in [6, 6.07) is 9.70. The van der Waals surface area contributed by atoms with Crippen LogP contribution in [0.15, 0.2) is 34.7 Å². The van der Waals surface area contributed by atoms with E-state index in [0.29, 0.717) is 6.54 Å². The molecule has 0 radical (unpaired) electrons. The maximum atomic E-state index is 11.5. The van der Waals surface area contributed by atoms with Crippen LogP contribution in [0.5, 0.6) is 0 Å². The minimum atomic E-state index is -0.937. The van der Waals surface area contributed by atoms with Crippen LogP contribution < -0.4 is 0 Å². The first-order valence-electron chi connectivity index (χ1n) is 6.86. The van der Waals surface area contributed by atoms with Gasteiger partial charge in [-0.15, -0.1) is 0 Å². The average Bonchev–Trinajstić information content (AvgIpc) is 2.82. The van der Waals surface area contributed by atoms with E-state index in [2.05, 4.69) is 0 Å². The first kappa shape index (κ1) is 14.6. The Bertz CT molecular complexity index is 582. The van der Waals surface area contributed by atoms with E-state index in [4.69, 9.17) is 4.42 Å². The minimum absolute atomic E-state index is 0.0986. The summed E-state index contributed by atoms with van der Waals surface area (Å²) >= 11 is 0. The molecular formula is C16H21NO3. The molecule has 1 atom stereocenters. The monoisotopic (exact) mass is 275 g/mol. The summed E-state index contributed by atoms with van der Waals surface area (Å²) in [6.07, 6.45) is 0. The summed E-state index contributed by atoms with van der Waals surface area (Å²) in [7, 11) is 0. The van der Waals surface area contributed by atoms with Crippen molar-refractivity contribution in [2.75, 3.05) is 6.54 Å². The molecule has 0 saturated heterocycles. The van der Waals surface area contributed by atoms with Gasteiger partial charge in [-0.05, 0) is 39.4 Å². The Morgan fingerprint density at radius 1 is 1.40 bits per heavy atom. The second kappa shape index (κ2) is 5.29. The van der Waals surface area contributed by atoms with Gasteiger partial charge in [0.1, 0.15) is 16.9 Å². The van der Waals surface area contributed by atoms with Crippen molar-refractivity contribution in [1.82, 2.24) is 4.90 Å². The largest absolute Gasteiger partial charge is 0.480 e. The molecule has 0 bridgehead atoms. The highest BCUT2D eigenvalue weighted by Gasteiger charge is 2.37. The van der Waals surface area contributed by atoms with Crippen LogP contribution in [0.2, 0.25) is 0 Å². The van der Waals surface area contributed by atoms with E-state index in [1.807, 2.05) is 49.1 Å². The minimum Gasteiger partial charge on any atom is -0.480 e. The van der Waals surface area contributed by atoms with Crippen LogP contribution in [0.1, 0.15) is 39.5 Å². The fourth-order valence-corrected chi connectivity index (χ4v) is 2.64. The predicted molar refractivity (Wildman–Crippen MR) is 78.7 cm³/mol. The van der Waals surface area contributed by atoms with Gasteiger partial charge in [-0.2, -0.15) is 0 Å². The Morgan fingerprint density at radius 3 is 2.60 bits per heavy atom. The number of para-hydroxylation sites is 1. The quantitative estimate of drug-likeness (QED) is 0.904. The predicted octanol–water partition coefficient (Wildman–Crippen LogP) is 3.68. The normalized spacial score (nSPS) is 13.8. The molecule has 108 valence electrons. The number of rotatable bonds is 5. The Balaban J connectivity index is 2.37. The van der Waals surface area contributed by atoms with Crippen molar-refractivity contribution in [2.45, 2.75) is 39.3 Å². The lowest BCUT2D eigenvalue weighted by molar-refractivity contribution is -0.151. The molecule has 0 saturated carbocycles. The number of aliphatic carboxylic acids is 1. The lowest BCUT2D eigenvalue weighted by Crippen LogP contribution is -2.50. The van der Waals surface area contributed by atoms with Crippen LogP contribution in [0, 0.1) is 0 Å². The zero-order valence-electron chi connectivity index (χ0n) is 12.4. The van der Waals surface area contributed by atoms with Gasteiger partial charge in [0, 0.05) is 5.39 Å². The van der Waals surface area contributed by atoms with Crippen molar-refractivity contribution >= 4 is 16.9 Å². The van der Waals surface area contributed by atoms with E-state index < -0.39 is 11.5 Å². The smallest absolute Gasteiger partial charge is 0.323 e. The average molecular weight is 275 g/mol. The molecule has 1 unspecified atom stereocenters. The number of likely N-dealkylation sites (N-methyl/N-ethyl adjacent to an activating group) is 1. The number of carbonyl (C=O) groups is 1. The Labute approximate surface area is 119 Å². The lowest BCUT2D eigenvalue weighted by atomic mass is 9.99. The second-order valence-electron chi connectivity index (χ2n) is 5.51. The Hall–Kier alpha value is -1.81. The topological polar surface area (TPSA) is 53.7 Å². The lowest BCUT2D eigenvalue weighted by Gasteiger charge is -2.37. The fourth-order valence-electron chi connectivity index (χ4n) is 2.64. The van der Waals surface area contributed by atoms with Gasteiger partial charge in [-0.1, -0.05) is 25.1 Å². The molecule has 0 spiro atoms. The number of hydrogen-bond donors (Lipinski definition) is 1. The van der Waals surface area contributed by atoms with Crippen molar-refractivity contribution in [3.05, 3.63) is 36.1 Å². The van der Waals surface area contributed by atoms with Crippen LogP contribution in [0.4, 0.5) is 0 Å². The molecule has 1 aromatic carbocycles. The van der Waals surface area contributed by atoms with Gasteiger partial charge in [0.05, 0.1) is 6.04 Å². The zero-order chi connectivity index (χ0) is 14.9. The fraction of sp³-hybridized carbons (Fsp3) is 0.438. The highest BCUT2D eigenvalue weighted by Crippen LogP contribution is 2.31. The number of benzene rings is 1. The summed E-state index contributed by atoms with van der Waals surface area (Å²) in [5.41, 5.74) is -0.105. The molecule has 2 rings (SSSR count). The zero-order valence-corrected chi connectivity index (χ0v) is 12.4. The SMILES string of the molecule is CCN(C(C)c1cc2ccccc2o1)C(C)(C)C(=O)O. The number of nitrogens with zero attached hydrogens (tertiary/aromatic N) is 1. The summed E-state index contributed by atoms with van der Waals surface area (Å²) in [4.78, 5) is 13.4. The number of carboxylic acids is 1. The first-order chi connectivity index (χ1) is 9.37. The van der Waals surface area contributed by atoms with E-state index >= 15 is 0 Å². The third kappa shape index (κ3) is 2.43. The van der Waals surface area contributed by atoms with E-state index in [9.17, 15) is 9.90 Å². The van der Waals surface area contributed by atoms with Crippen LogP contribution in [-0.2, 0) is 4.79 Å². The summed E-state index contributed by atoms with van der Waals surface area (Å²) in [5.74, 6) is -0.0373. The van der Waals surface area contributed by atoms with Crippen molar-refractivity contribution in [2.24, 2.45) is 0 Å². The summed E-state index contributed by atoms with van der Waals surface area (Å²) < 4.78 is 5.85. The van der Waals surface area contributed by atoms with Gasteiger partial charge < -0.3 is 9.52 Å². The molecule has 0 aliphatic carbocycles. The maximum Gasteiger partial charge on any atom is 0.323 e. The van der Waals surface area contributed by atoms with Gasteiger partial charge in [0.2, 0.25) is 0 Å². The Kier molecular flexibility index (Phi) is 3.86. The molecule has 20 heavy (non-hydrogen) atoms. The van der Waals surface area contributed by atoms with Gasteiger partial charge in [-0.3, -0.25) is 9.69 Å². The van der Waals surface area contributed by atoms with Crippen LogP contribution in [0.25, 0.3) is 11.0 Å². The standard InChI is InChI=1S/C16H21NO3/c1-5-17(16(3,4)15(18)19)11(2)14-10-12-8-6-7-9-13(12)20-14/h6-11H,5H2,1-4H3,(H,18,19). The van der Waals surface area contributed by atoms with Crippen LogP contribution in [0.3, 0.4) is 0 Å². The third-order valence-electron chi connectivity index (χ3n) is 3.91.